The second kappa shape index (κ2) is 12.3. The van der Waals surface area contributed by atoms with Gasteiger partial charge in [-0.2, -0.15) is 5.10 Å². The maximum absolute atomic E-state index is 5.46. The number of ether oxygens (including phenoxy) is 1. The molecule has 1 aromatic carbocycles. The molecule has 1 fully saturated rings. The van der Waals surface area contributed by atoms with Crippen molar-refractivity contribution in [2.24, 2.45) is 12.0 Å². The van der Waals surface area contributed by atoms with Crippen molar-refractivity contribution in [3.05, 3.63) is 47.8 Å². The standard InChI is InChI=1S/C23H36N6O.HI/c1-6-28(7-2)22(18-9-8-10-21(13-18)30-5)15-25-23(24-3)29-12-11-19(17-29)20-14-26-27(4)16-20;/h8-10,13-14,16,19,22H,6-7,11-12,15,17H2,1-5H3,(H,24,25);1H. The van der Waals surface area contributed by atoms with Crippen LogP contribution in [0.2, 0.25) is 0 Å². The monoisotopic (exact) mass is 540 g/mol. The van der Waals surface area contributed by atoms with E-state index in [1.807, 2.05) is 31.0 Å². The van der Waals surface area contributed by atoms with Crippen LogP contribution in [-0.4, -0.2) is 72.4 Å². The number of nitrogens with one attached hydrogen (secondary N) is 1. The summed E-state index contributed by atoms with van der Waals surface area (Å²) in [6.45, 7) is 9.19. The number of aliphatic imine (C=N–C) groups is 1. The normalized spacial score (nSPS) is 17.5. The van der Waals surface area contributed by atoms with Gasteiger partial charge in [0.1, 0.15) is 5.75 Å². The number of rotatable bonds is 8. The molecule has 7 nitrogen and oxygen atoms in total. The summed E-state index contributed by atoms with van der Waals surface area (Å²) in [5.74, 6) is 2.38. The van der Waals surface area contributed by atoms with E-state index in [2.05, 4.69) is 63.5 Å². The number of aromatic nitrogens is 2. The van der Waals surface area contributed by atoms with Gasteiger partial charge in [-0.1, -0.05) is 26.0 Å². The van der Waals surface area contributed by atoms with Crippen LogP contribution in [-0.2, 0) is 7.05 Å². The Balaban J connectivity index is 0.00000341. The maximum atomic E-state index is 5.46. The van der Waals surface area contributed by atoms with Crippen LogP contribution in [0.25, 0.3) is 0 Å². The quantitative estimate of drug-likeness (QED) is 0.316. The highest BCUT2D eigenvalue weighted by Crippen LogP contribution is 2.27. The Morgan fingerprint density at radius 3 is 2.74 bits per heavy atom. The molecule has 2 unspecified atom stereocenters. The first kappa shape index (κ1) is 25.5. The molecule has 3 rings (SSSR count). The van der Waals surface area contributed by atoms with E-state index >= 15 is 0 Å². The molecule has 2 heterocycles. The number of benzene rings is 1. The highest BCUT2D eigenvalue weighted by Gasteiger charge is 2.28. The Labute approximate surface area is 203 Å². The third-order valence-corrected chi connectivity index (χ3v) is 6.08. The minimum Gasteiger partial charge on any atom is -0.497 e. The van der Waals surface area contributed by atoms with Gasteiger partial charge in [-0.25, -0.2) is 0 Å². The van der Waals surface area contributed by atoms with Gasteiger partial charge in [-0.05, 0) is 42.8 Å². The van der Waals surface area contributed by atoms with Crippen molar-refractivity contribution in [1.82, 2.24) is 24.9 Å². The first-order valence-electron chi connectivity index (χ1n) is 10.9. The van der Waals surface area contributed by atoms with Crippen molar-refractivity contribution in [3.8, 4) is 5.75 Å². The molecule has 1 N–H and O–H groups in total. The molecular weight excluding hydrogens is 503 g/mol. The van der Waals surface area contributed by atoms with Crippen LogP contribution in [0.4, 0.5) is 0 Å². The molecule has 0 bridgehead atoms. The van der Waals surface area contributed by atoms with E-state index in [-0.39, 0.29) is 30.0 Å². The van der Waals surface area contributed by atoms with Gasteiger partial charge in [0.15, 0.2) is 5.96 Å². The fourth-order valence-corrected chi connectivity index (χ4v) is 4.37. The first-order chi connectivity index (χ1) is 14.6. The van der Waals surface area contributed by atoms with Crippen molar-refractivity contribution in [2.75, 3.05) is 46.9 Å². The summed E-state index contributed by atoms with van der Waals surface area (Å²) in [6.07, 6.45) is 5.24. The minimum atomic E-state index is 0. The molecule has 2 atom stereocenters. The van der Waals surface area contributed by atoms with E-state index in [0.29, 0.717) is 5.92 Å². The summed E-state index contributed by atoms with van der Waals surface area (Å²) >= 11 is 0. The lowest BCUT2D eigenvalue weighted by Gasteiger charge is -2.32. The number of likely N-dealkylation sites (N-methyl/N-ethyl adjacent to an activating group) is 1. The lowest BCUT2D eigenvalue weighted by molar-refractivity contribution is 0.217. The summed E-state index contributed by atoms with van der Waals surface area (Å²) in [7, 11) is 5.57. The topological polar surface area (TPSA) is 57.9 Å². The number of likely N-dealkylation sites (tertiary alicyclic amines) is 1. The first-order valence-corrected chi connectivity index (χ1v) is 10.9. The molecule has 1 saturated heterocycles. The minimum absolute atomic E-state index is 0. The van der Waals surface area contributed by atoms with E-state index in [0.717, 1.165) is 50.9 Å². The Kier molecular flexibility index (Phi) is 10.1. The van der Waals surface area contributed by atoms with Gasteiger partial charge < -0.3 is 15.0 Å². The van der Waals surface area contributed by atoms with Crippen LogP contribution in [0, 0.1) is 0 Å². The third kappa shape index (κ3) is 6.35. The summed E-state index contributed by atoms with van der Waals surface area (Å²) in [6, 6.07) is 8.64. The summed E-state index contributed by atoms with van der Waals surface area (Å²) in [5, 5.41) is 7.98. The zero-order valence-electron chi connectivity index (χ0n) is 19.4. The second-order valence-corrected chi connectivity index (χ2v) is 7.82. The van der Waals surface area contributed by atoms with Crippen molar-refractivity contribution in [2.45, 2.75) is 32.2 Å². The van der Waals surface area contributed by atoms with Gasteiger partial charge in [-0.3, -0.25) is 14.6 Å². The van der Waals surface area contributed by atoms with Crippen LogP contribution in [0.1, 0.15) is 43.4 Å². The molecule has 172 valence electrons. The van der Waals surface area contributed by atoms with Crippen LogP contribution in [0.5, 0.6) is 5.75 Å². The molecule has 8 heteroatoms. The Bertz CT molecular complexity index is 835. The number of nitrogens with zero attached hydrogens (tertiary/aromatic N) is 5. The molecule has 0 spiro atoms. The molecule has 1 aliphatic rings. The van der Waals surface area contributed by atoms with E-state index in [9.17, 15) is 0 Å². The zero-order valence-corrected chi connectivity index (χ0v) is 21.7. The van der Waals surface area contributed by atoms with Crippen LogP contribution in [0.3, 0.4) is 0 Å². The lowest BCUT2D eigenvalue weighted by Crippen LogP contribution is -2.44. The highest BCUT2D eigenvalue weighted by molar-refractivity contribution is 14.0. The Morgan fingerprint density at radius 2 is 2.13 bits per heavy atom. The summed E-state index contributed by atoms with van der Waals surface area (Å²) in [4.78, 5) is 9.41. The largest absolute Gasteiger partial charge is 0.497 e. The van der Waals surface area contributed by atoms with E-state index in [1.54, 1.807) is 7.11 Å². The predicted octanol–water partition coefficient (Wildman–Crippen LogP) is 3.49. The molecule has 0 amide bonds. The third-order valence-electron chi connectivity index (χ3n) is 6.08. The molecule has 31 heavy (non-hydrogen) atoms. The average Bonchev–Trinajstić information content (AvgIpc) is 3.43. The van der Waals surface area contributed by atoms with Crippen LogP contribution in [0.15, 0.2) is 41.7 Å². The molecule has 0 aliphatic carbocycles. The Hall–Kier alpha value is -1.81. The van der Waals surface area contributed by atoms with Crippen molar-refractivity contribution < 1.29 is 4.74 Å². The SMILES string of the molecule is CCN(CC)C(CNC(=NC)N1CCC(c2cnn(C)c2)C1)c1cccc(OC)c1.I. The highest BCUT2D eigenvalue weighted by atomic mass is 127. The van der Waals surface area contributed by atoms with Gasteiger partial charge in [0.2, 0.25) is 0 Å². The fourth-order valence-electron chi connectivity index (χ4n) is 4.37. The number of aryl methyl sites for hydroxylation is 1. The second-order valence-electron chi connectivity index (χ2n) is 7.82. The van der Waals surface area contributed by atoms with Crippen LogP contribution < -0.4 is 10.1 Å². The van der Waals surface area contributed by atoms with Gasteiger partial charge in [0, 0.05) is 45.8 Å². The maximum Gasteiger partial charge on any atom is 0.193 e. The van der Waals surface area contributed by atoms with E-state index in [4.69, 9.17) is 4.74 Å². The smallest absolute Gasteiger partial charge is 0.193 e. The van der Waals surface area contributed by atoms with Gasteiger partial charge in [-0.15, -0.1) is 24.0 Å². The number of hydrogen-bond acceptors (Lipinski definition) is 4. The number of halogens is 1. The van der Waals surface area contributed by atoms with Gasteiger partial charge in [0.25, 0.3) is 0 Å². The van der Waals surface area contributed by atoms with Gasteiger partial charge >= 0.3 is 0 Å². The number of methoxy groups -OCH3 is 1. The molecule has 1 aromatic heterocycles. The molecular formula is C23H37IN6O. The van der Waals surface area contributed by atoms with Crippen molar-refractivity contribution >= 4 is 29.9 Å². The van der Waals surface area contributed by atoms with E-state index < -0.39 is 0 Å². The summed E-state index contributed by atoms with van der Waals surface area (Å²) in [5.41, 5.74) is 2.57. The number of hydrogen-bond donors (Lipinski definition) is 1. The fraction of sp³-hybridized carbons (Fsp3) is 0.565. The molecule has 0 saturated carbocycles. The molecule has 0 radical (unpaired) electrons. The number of guanidine groups is 1. The van der Waals surface area contributed by atoms with Crippen molar-refractivity contribution in [1.29, 1.82) is 0 Å². The Morgan fingerprint density at radius 1 is 1.35 bits per heavy atom. The van der Waals surface area contributed by atoms with Crippen molar-refractivity contribution in [3.63, 3.8) is 0 Å². The molecule has 2 aromatic rings. The summed E-state index contributed by atoms with van der Waals surface area (Å²) < 4.78 is 7.34. The zero-order chi connectivity index (χ0) is 21.5. The average molecular weight is 540 g/mol. The predicted molar refractivity (Wildman–Crippen MR) is 138 cm³/mol. The van der Waals surface area contributed by atoms with E-state index in [1.165, 1.54) is 11.1 Å². The van der Waals surface area contributed by atoms with Gasteiger partial charge in [0.05, 0.1) is 19.3 Å². The lowest BCUT2D eigenvalue weighted by atomic mass is 10.0. The molecule has 1 aliphatic heterocycles. The van der Waals surface area contributed by atoms with Crippen LogP contribution >= 0.6 is 24.0 Å².